The van der Waals surface area contributed by atoms with Crippen LogP contribution in [0.15, 0.2) is 127 Å². The second-order valence-electron chi connectivity index (χ2n) is 11.3. The van der Waals surface area contributed by atoms with Gasteiger partial charge in [-0.2, -0.15) is 0 Å². The van der Waals surface area contributed by atoms with Gasteiger partial charge < -0.3 is 0 Å². The predicted molar refractivity (Wildman–Crippen MR) is 173 cm³/mol. The van der Waals surface area contributed by atoms with E-state index in [9.17, 15) is 0 Å². The lowest BCUT2D eigenvalue weighted by atomic mass is 9.86. The van der Waals surface area contributed by atoms with Crippen molar-refractivity contribution in [1.29, 1.82) is 0 Å². The summed E-state index contributed by atoms with van der Waals surface area (Å²) >= 11 is 0. The fourth-order valence-corrected chi connectivity index (χ4v) is 7.15. The minimum atomic E-state index is 0.729. The lowest BCUT2D eigenvalue weighted by Crippen LogP contribution is -2.02. The first-order chi connectivity index (χ1) is 20.8. The predicted octanol–water partition coefficient (Wildman–Crippen LogP) is 9.32. The monoisotopic (exact) mass is 537 g/mol. The van der Waals surface area contributed by atoms with Crippen LogP contribution in [0, 0.1) is 0 Å². The van der Waals surface area contributed by atoms with E-state index in [1.54, 1.807) is 0 Å². The Morgan fingerprint density at radius 1 is 0.548 bits per heavy atom. The Kier molecular flexibility index (Phi) is 5.09. The summed E-state index contributed by atoms with van der Waals surface area (Å²) < 4.78 is 2.34. The van der Waals surface area contributed by atoms with Gasteiger partial charge in [-0.15, -0.1) is 0 Å². The molecule has 0 N–H and O–H groups in total. The van der Waals surface area contributed by atoms with Gasteiger partial charge in [-0.3, -0.25) is 4.57 Å². The number of nitrogens with zero attached hydrogens (tertiary/aromatic N) is 3. The molecule has 0 saturated carbocycles. The summed E-state index contributed by atoms with van der Waals surface area (Å²) in [5, 5.41) is 2.62. The first-order valence-corrected chi connectivity index (χ1v) is 14.7. The average molecular weight is 538 g/mol. The van der Waals surface area contributed by atoms with Crippen molar-refractivity contribution in [2.45, 2.75) is 19.3 Å². The van der Waals surface area contributed by atoms with Crippen molar-refractivity contribution in [1.82, 2.24) is 14.5 Å². The number of para-hydroxylation sites is 1. The molecule has 42 heavy (non-hydrogen) atoms. The van der Waals surface area contributed by atoms with Crippen molar-refractivity contribution in [2.24, 2.45) is 0 Å². The van der Waals surface area contributed by atoms with E-state index in [4.69, 9.17) is 9.97 Å². The van der Waals surface area contributed by atoms with Gasteiger partial charge in [-0.1, -0.05) is 109 Å². The second kappa shape index (κ2) is 9.12. The molecule has 2 aromatic heterocycles. The van der Waals surface area contributed by atoms with Gasteiger partial charge >= 0.3 is 0 Å². The normalized spacial score (nSPS) is 13.8. The Hall–Kier alpha value is -5.28. The lowest BCUT2D eigenvalue weighted by Gasteiger charge is -2.18. The highest BCUT2D eigenvalue weighted by Crippen LogP contribution is 2.49. The van der Waals surface area contributed by atoms with Crippen LogP contribution in [0.1, 0.15) is 28.7 Å². The smallest absolute Gasteiger partial charge is 0.162 e. The number of aryl methyl sites for hydroxylation is 1. The van der Waals surface area contributed by atoms with Crippen LogP contribution < -0.4 is 0 Å². The zero-order chi connectivity index (χ0) is 27.6. The number of fused-ring (bicyclic) bond motifs is 8. The molecule has 2 aliphatic rings. The van der Waals surface area contributed by atoms with Gasteiger partial charge in [0.05, 0.1) is 16.7 Å². The third-order valence-corrected chi connectivity index (χ3v) is 9.02. The van der Waals surface area contributed by atoms with Crippen molar-refractivity contribution in [2.75, 3.05) is 0 Å². The van der Waals surface area contributed by atoms with Gasteiger partial charge in [-0.05, 0) is 64.8 Å². The molecule has 0 atom stereocenters. The quantitative estimate of drug-likeness (QED) is 0.225. The Morgan fingerprint density at radius 2 is 1.29 bits per heavy atom. The third-order valence-electron chi connectivity index (χ3n) is 9.02. The van der Waals surface area contributed by atoms with E-state index in [-0.39, 0.29) is 0 Å². The maximum absolute atomic E-state index is 5.21. The van der Waals surface area contributed by atoms with Gasteiger partial charge in [0.2, 0.25) is 0 Å². The summed E-state index contributed by atoms with van der Waals surface area (Å²) in [7, 11) is 0. The highest BCUT2D eigenvalue weighted by Gasteiger charge is 2.30. The Labute approximate surface area is 244 Å². The van der Waals surface area contributed by atoms with Crippen LogP contribution >= 0.6 is 0 Å². The third kappa shape index (κ3) is 3.47. The molecule has 3 nitrogen and oxygen atoms in total. The number of rotatable bonds is 3. The average Bonchev–Trinajstić information content (AvgIpc) is 3.61. The molecule has 0 radical (unpaired) electrons. The molecule has 5 aromatic carbocycles. The topological polar surface area (TPSA) is 30.7 Å². The standard InChI is InChI=1S/C39H27N3/c1-3-12-26(13-4-1)34-24-37(41-39(40-34)27-14-5-2-6-15-27)42-35-18-10-9-17-31(35)38-33-23-32-28-16-8-7-11-25(28)19-20-29(32)30(33)21-22-36(38)42/h1-18,21-22,24H,19-20,23H2. The van der Waals surface area contributed by atoms with E-state index >= 15 is 0 Å². The number of aromatic nitrogens is 3. The van der Waals surface area contributed by atoms with E-state index in [2.05, 4.69) is 108 Å². The summed E-state index contributed by atoms with van der Waals surface area (Å²) in [6.45, 7) is 0. The van der Waals surface area contributed by atoms with Crippen LogP contribution in [0.25, 0.3) is 61.4 Å². The maximum Gasteiger partial charge on any atom is 0.162 e. The van der Waals surface area contributed by atoms with Crippen molar-refractivity contribution >= 4 is 33.0 Å². The SMILES string of the molecule is c1ccc(-c2cc(-n3c4ccccc4c4c5c(ccc43)C3=C(C5)c4ccccc4CC3)nc(-c3ccccc3)n2)cc1. The molecule has 2 heterocycles. The summed E-state index contributed by atoms with van der Waals surface area (Å²) in [6, 6.07) is 45.3. The van der Waals surface area contributed by atoms with Crippen molar-refractivity contribution in [3.05, 3.63) is 150 Å². The van der Waals surface area contributed by atoms with Crippen LogP contribution in [-0.4, -0.2) is 14.5 Å². The van der Waals surface area contributed by atoms with Crippen molar-refractivity contribution in [3.8, 4) is 28.5 Å². The first-order valence-electron chi connectivity index (χ1n) is 14.7. The molecule has 0 aliphatic heterocycles. The van der Waals surface area contributed by atoms with E-state index in [1.807, 2.05) is 24.3 Å². The van der Waals surface area contributed by atoms with Crippen LogP contribution in [0.2, 0.25) is 0 Å². The van der Waals surface area contributed by atoms with E-state index < -0.39 is 0 Å². The molecule has 198 valence electrons. The fraction of sp³-hybridized carbons (Fsp3) is 0.0769. The summed E-state index contributed by atoms with van der Waals surface area (Å²) in [5.41, 5.74) is 14.2. The highest BCUT2D eigenvalue weighted by molar-refractivity contribution is 6.15. The summed E-state index contributed by atoms with van der Waals surface area (Å²) in [5.74, 6) is 1.61. The zero-order valence-electron chi connectivity index (χ0n) is 23.1. The molecule has 0 spiro atoms. The van der Waals surface area contributed by atoms with Crippen LogP contribution in [0.5, 0.6) is 0 Å². The molecule has 0 fully saturated rings. The van der Waals surface area contributed by atoms with E-state index in [1.165, 1.54) is 55.2 Å². The van der Waals surface area contributed by atoms with Crippen LogP contribution in [0.3, 0.4) is 0 Å². The lowest BCUT2D eigenvalue weighted by molar-refractivity contribution is 0.996. The minimum Gasteiger partial charge on any atom is -0.294 e. The molecule has 0 amide bonds. The molecule has 0 saturated heterocycles. The second-order valence-corrected chi connectivity index (χ2v) is 11.3. The Morgan fingerprint density at radius 3 is 2.14 bits per heavy atom. The number of hydrogen-bond acceptors (Lipinski definition) is 2. The molecule has 7 aromatic rings. The number of hydrogen-bond donors (Lipinski definition) is 0. The molecule has 0 bridgehead atoms. The molecular weight excluding hydrogens is 510 g/mol. The van der Waals surface area contributed by atoms with Crippen LogP contribution in [-0.2, 0) is 12.8 Å². The van der Waals surface area contributed by atoms with Gasteiger partial charge in [0.1, 0.15) is 5.82 Å². The molecule has 0 unspecified atom stereocenters. The van der Waals surface area contributed by atoms with Gasteiger partial charge in [0.25, 0.3) is 0 Å². The number of benzene rings is 5. The van der Waals surface area contributed by atoms with Crippen molar-refractivity contribution in [3.63, 3.8) is 0 Å². The van der Waals surface area contributed by atoms with Gasteiger partial charge in [-0.25, -0.2) is 9.97 Å². The number of allylic oxidation sites excluding steroid dienone is 2. The highest BCUT2D eigenvalue weighted by atomic mass is 15.1. The van der Waals surface area contributed by atoms with Gasteiger partial charge in [0, 0.05) is 28.0 Å². The van der Waals surface area contributed by atoms with E-state index in [0.29, 0.717) is 0 Å². The Bertz CT molecular complexity index is 2150. The molecule has 2 aliphatic carbocycles. The summed E-state index contributed by atoms with van der Waals surface area (Å²) in [6.07, 6.45) is 3.19. The largest absolute Gasteiger partial charge is 0.294 e. The zero-order valence-corrected chi connectivity index (χ0v) is 23.1. The first kappa shape index (κ1) is 23.4. The van der Waals surface area contributed by atoms with E-state index in [0.717, 1.165) is 47.7 Å². The minimum absolute atomic E-state index is 0.729. The summed E-state index contributed by atoms with van der Waals surface area (Å²) in [4.78, 5) is 10.2. The maximum atomic E-state index is 5.21. The van der Waals surface area contributed by atoms with Crippen molar-refractivity contribution < 1.29 is 0 Å². The molecular formula is C39H27N3. The molecule has 9 rings (SSSR count). The van der Waals surface area contributed by atoms with Crippen LogP contribution in [0.4, 0.5) is 0 Å². The fourth-order valence-electron chi connectivity index (χ4n) is 7.15. The Balaban J connectivity index is 1.30. The molecule has 3 heteroatoms. The van der Waals surface area contributed by atoms with Gasteiger partial charge in [0.15, 0.2) is 5.82 Å².